The molecule has 24 heavy (non-hydrogen) atoms. The second-order valence-electron chi connectivity index (χ2n) is 6.05. The lowest BCUT2D eigenvalue weighted by atomic mass is 10.1. The first kappa shape index (κ1) is 14.9. The molecule has 0 fully saturated rings. The molecule has 0 aliphatic carbocycles. The molecular formula is C19H18FN3O. The van der Waals surface area contributed by atoms with Crippen LogP contribution >= 0.6 is 0 Å². The van der Waals surface area contributed by atoms with Gasteiger partial charge in [0.2, 0.25) is 5.96 Å². The number of carbonyl (C=O) groups excluding carboxylic acids is 1. The Balaban J connectivity index is 1.67. The molecule has 2 heterocycles. The number of para-hydroxylation sites is 2. The molecule has 2 aromatic carbocycles. The van der Waals surface area contributed by atoms with E-state index in [0.717, 1.165) is 43.3 Å². The molecule has 0 N–H and O–H groups in total. The van der Waals surface area contributed by atoms with Crippen molar-refractivity contribution in [3.8, 4) is 0 Å². The SMILES string of the molecule is O=C(CN1C2=NCCCCN2c2ccccc21)c1ccc(F)cc1. The summed E-state index contributed by atoms with van der Waals surface area (Å²) < 4.78 is 13.1. The fourth-order valence-corrected chi connectivity index (χ4v) is 3.26. The third-order valence-electron chi connectivity index (χ3n) is 4.46. The standard InChI is InChI=1S/C19H18FN3O/c20-15-9-7-14(8-10-15)18(24)13-23-17-6-2-1-5-16(17)22-12-4-3-11-21-19(22)23/h1-2,5-10H,3-4,11-13H2. The highest BCUT2D eigenvalue weighted by Gasteiger charge is 2.34. The average Bonchev–Trinajstić information content (AvgIpc) is 2.76. The first-order valence-electron chi connectivity index (χ1n) is 8.21. The molecule has 2 aromatic rings. The number of fused-ring (bicyclic) bond motifs is 3. The topological polar surface area (TPSA) is 35.9 Å². The van der Waals surface area contributed by atoms with Crippen LogP contribution in [0.4, 0.5) is 15.8 Å². The predicted molar refractivity (Wildman–Crippen MR) is 93.4 cm³/mol. The maximum atomic E-state index is 13.1. The van der Waals surface area contributed by atoms with Gasteiger partial charge in [0.05, 0.1) is 17.9 Å². The van der Waals surface area contributed by atoms with E-state index >= 15 is 0 Å². The zero-order valence-electron chi connectivity index (χ0n) is 13.3. The van der Waals surface area contributed by atoms with Crippen LogP contribution in [0.15, 0.2) is 53.5 Å². The third-order valence-corrected chi connectivity index (χ3v) is 4.46. The summed E-state index contributed by atoms with van der Waals surface area (Å²) in [5.41, 5.74) is 2.63. The van der Waals surface area contributed by atoms with Gasteiger partial charge in [-0.2, -0.15) is 0 Å². The molecule has 5 heteroatoms. The van der Waals surface area contributed by atoms with Crippen molar-refractivity contribution >= 4 is 23.1 Å². The molecule has 0 saturated carbocycles. The summed E-state index contributed by atoms with van der Waals surface area (Å²) in [5, 5.41) is 0. The molecule has 0 radical (unpaired) electrons. The Morgan fingerprint density at radius 3 is 2.58 bits per heavy atom. The number of ketones is 1. The quantitative estimate of drug-likeness (QED) is 0.811. The Morgan fingerprint density at radius 1 is 1.04 bits per heavy atom. The van der Waals surface area contributed by atoms with Gasteiger partial charge in [0, 0.05) is 18.7 Å². The van der Waals surface area contributed by atoms with Gasteiger partial charge in [0.1, 0.15) is 5.82 Å². The lowest BCUT2D eigenvalue weighted by molar-refractivity contribution is 0.100. The van der Waals surface area contributed by atoms with Gasteiger partial charge in [-0.05, 0) is 49.2 Å². The smallest absolute Gasteiger partial charge is 0.206 e. The van der Waals surface area contributed by atoms with Crippen LogP contribution < -0.4 is 9.80 Å². The Bertz CT molecular complexity index is 801. The maximum absolute atomic E-state index is 13.1. The fourth-order valence-electron chi connectivity index (χ4n) is 3.26. The van der Waals surface area contributed by atoms with Crippen molar-refractivity contribution in [1.29, 1.82) is 0 Å². The predicted octanol–water partition coefficient (Wildman–Crippen LogP) is 3.48. The number of anilines is 2. The van der Waals surface area contributed by atoms with Crippen LogP contribution in [0, 0.1) is 5.82 Å². The van der Waals surface area contributed by atoms with Gasteiger partial charge in [-0.3, -0.25) is 9.79 Å². The van der Waals surface area contributed by atoms with Crippen LogP contribution in [0.3, 0.4) is 0 Å². The molecule has 0 spiro atoms. The number of halogens is 1. The Kier molecular flexibility index (Phi) is 3.76. The molecule has 0 saturated heterocycles. The molecule has 122 valence electrons. The van der Waals surface area contributed by atoms with Gasteiger partial charge >= 0.3 is 0 Å². The number of carbonyl (C=O) groups is 1. The van der Waals surface area contributed by atoms with Crippen molar-refractivity contribution in [1.82, 2.24) is 0 Å². The van der Waals surface area contributed by atoms with E-state index in [9.17, 15) is 9.18 Å². The van der Waals surface area contributed by atoms with E-state index in [1.807, 2.05) is 23.1 Å². The lowest BCUT2D eigenvalue weighted by Crippen LogP contribution is -2.41. The molecular weight excluding hydrogens is 305 g/mol. The molecule has 0 atom stereocenters. The van der Waals surface area contributed by atoms with Crippen molar-refractivity contribution in [2.24, 2.45) is 4.99 Å². The van der Waals surface area contributed by atoms with Crippen molar-refractivity contribution in [3.63, 3.8) is 0 Å². The van der Waals surface area contributed by atoms with E-state index in [-0.39, 0.29) is 18.1 Å². The molecule has 0 bridgehead atoms. The highest BCUT2D eigenvalue weighted by atomic mass is 19.1. The minimum Gasteiger partial charge on any atom is -0.310 e. The molecule has 2 aliphatic rings. The molecule has 2 aliphatic heterocycles. The highest BCUT2D eigenvalue weighted by molar-refractivity contribution is 6.19. The van der Waals surface area contributed by atoms with Gasteiger partial charge in [0.15, 0.2) is 5.78 Å². The van der Waals surface area contributed by atoms with Gasteiger partial charge in [-0.25, -0.2) is 4.39 Å². The van der Waals surface area contributed by atoms with Crippen LogP contribution in [0.1, 0.15) is 23.2 Å². The van der Waals surface area contributed by atoms with E-state index in [0.29, 0.717) is 5.56 Å². The average molecular weight is 323 g/mol. The van der Waals surface area contributed by atoms with Gasteiger partial charge in [-0.1, -0.05) is 12.1 Å². The number of guanidine groups is 1. The van der Waals surface area contributed by atoms with Gasteiger partial charge < -0.3 is 9.80 Å². The molecule has 0 aromatic heterocycles. The van der Waals surface area contributed by atoms with E-state index in [1.165, 1.54) is 24.3 Å². The second-order valence-corrected chi connectivity index (χ2v) is 6.05. The van der Waals surface area contributed by atoms with E-state index in [1.54, 1.807) is 0 Å². The van der Waals surface area contributed by atoms with Crippen molar-refractivity contribution in [2.75, 3.05) is 29.4 Å². The van der Waals surface area contributed by atoms with Crippen molar-refractivity contribution < 1.29 is 9.18 Å². The summed E-state index contributed by atoms with van der Waals surface area (Å²) in [6, 6.07) is 13.8. The number of aliphatic imine (C=N–C) groups is 1. The van der Waals surface area contributed by atoms with E-state index < -0.39 is 0 Å². The third kappa shape index (κ3) is 2.56. The monoisotopic (exact) mass is 323 g/mol. The summed E-state index contributed by atoms with van der Waals surface area (Å²) in [6.07, 6.45) is 2.14. The number of Topliss-reactive ketones (excluding diaryl/α,β-unsaturated/α-hetero) is 1. The Morgan fingerprint density at radius 2 is 1.79 bits per heavy atom. The van der Waals surface area contributed by atoms with E-state index in [2.05, 4.69) is 11.0 Å². The highest BCUT2D eigenvalue weighted by Crippen LogP contribution is 2.38. The minimum absolute atomic E-state index is 0.0430. The normalized spacial score (nSPS) is 16.3. The summed E-state index contributed by atoms with van der Waals surface area (Å²) in [5.74, 6) is 0.472. The summed E-state index contributed by atoms with van der Waals surface area (Å²) in [7, 11) is 0. The van der Waals surface area contributed by atoms with Crippen LogP contribution in [0.25, 0.3) is 0 Å². The summed E-state index contributed by atoms with van der Waals surface area (Å²) in [6.45, 7) is 1.90. The minimum atomic E-state index is -0.336. The molecule has 0 unspecified atom stereocenters. The van der Waals surface area contributed by atoms with Crippen LogP contribution in [-0.2, 0) is 0 Å². The van der Waals surface area contributed by atoms with Crippen molar-refractivity contribution in [3.05, 3.63) is 59.9 Å². The van der Waals surface area contributed by atoms with Crippen molar-refractivity contribution in [2.45, 2.75) is 12.8 Å². The van der Waals surface area contributed by atoms with E-state index in [4.69, 9.17) is 4.99 Å². The van der Waals surface area contributed by atoms with Gasteiger partial charge in [0.25, 0.3) is 0 Å². The number of hydrogen-bond donors (Lipinski definition) is 0. The second kappa shape index (κ2) is 6.07. The maximum Gasteiger partial charge on any atom is 0.206 e. The van der Waals surface area contributed by atoms with Crippen LogP contribution in [-0.4, -0.2) is 31.4 Å². The molecule has 4 rings (SSSR count). The molecule has 4 nitrogen and oxygen atoms in total. The van der Waals surface area contributed by atoms with Crippen LogP contribution in [0.5, 0.6) is 0 Å². The fraction of sp³-hybridized carbons (Fsp3) is 0.263. The lowest BCUT2D eigenvalue weighted by Gasteiger charge is -2.21. The van der Waals surface area contributed by atoms with Crippen LogP contribution in [0.2, 0.25) is 0 Å². The summed E-state index contributed by atoms with van der Waals surface area (Å²) >= 11 is 0. The zero-order chi connectivity index (χ0) is 16.5. The van der Waals surface area contributed by atoms with Gasteiger partial charge in [-0.15, -0.1) is 0 Å². The number of benzene rings is 2. The first-order valence-corrected chi connectivity index (χ1v) is 8.21. The molecule has 0 amide bonds. The summed E-state index contributed by atoms with van der Waals surface area (Å²) in [4.78, 5) is 21.5. The zero-order valence-corrected chi connectivity index (χ0v) is 13.3. The Hall–Kier alpha value is -2.69. The number of rotatable bonds is 3. The Labute approximate surface area is 140 Å². The first-order chi connectivity index (χ1) is 11.7. The number of nitrogens with zero attached hydrogens (tertiary/aromatic N) is 3. The largest absolute Gasteiger partial charge is 0.310 e. The number of hydrogen-bond acceptors (Lipinski definition) is 4.